The van der Waals surface area contributed by atoms with Crippen molar-refractivity contribution >= 4 is 25.9 Å². The highest BCUT2D eigenvalue weighted by molar-refractivity contribution is 7.59. The van der Waals surface area contributed by atoms with Gasteiger partial charge in [-0.25, -0.2) is 0 Å². The molecule has 3 N–H and O–H groups in total. The van der Waals surface area contributed by atoms with E-state index in [1.165, 1.54) is 0 Å². The van der Waals surface area contributed by atoms with Crippen LogP contribution in [0.1, 0.15) is 7.43 Å². The highest BCUT2D eigenvalue weighted by atomic mass is 35.5. The lowest BCUT2D eigenvalue weighted by Crippen LogP contribution is -0.481. The van der Waals surface area contributed by atoms with Gasteiger partial charge in [0.2, 0.25) is 0 Å². The van der Waals surface area contributed by atoms with Crippen molar-refractivity contribution < 1.29 is 0 Å². The van der Waals surface area contributed by atoms with Crippen molar-refractivity contribution in [3.63, 3.8) is 0 Å². The zero-order valence-corrected chi connectivity index (χ0v) is 3.43. The first-order chi connectivity index (χ1) is 0. The van der Waals surface area contributed by atoms with Crippen molar-refractivity contribution in [3.8, 4) is 0 Å². The summed E-state index contributed by atoms with van der Waals surface area (Å²) in [7, 11) is 0. The Morgan fingerprint density at radius 1 is 1.00 bits per heavy atom. The smallest absolute Gasteiger partial charge is 0.0776 e. The molecule has 0 aromatic heterocycles. The van der Waals surface area contributed by atoms with E-state index in [2.05, 4.69) is 0 Å². The van der Waals surface area contributed by atoms with Gasteiger partial charge in [-0.15, -0.1) is 12.4 Å². The van der Waals surface area contributed by atoms with Crippen LogP contribution < -0.4 is 6.15 Å². The third-order valence-electron chi connectivity index (χ3n) is 0. The van der Waals surface area contributed by atoms with E-state index in [1.807, 2.05) is 0 Å². The quantitative estimate of drug-likeness (QED) is 0.493. The second kappa shape index (κ2) is 67.6. The van der Waals surface area contributed by atoms with Crippen LogP contribution in [0.5, 0.6) is 0 Å². The molecule has 0 aliphatic carbocycles. The second-order valence-electron chi connectivity index (χ2n) is 0. The molecule has 0 aliphatic heterocycles. The Kier molecular flexibility index (Phi) is 2800. The molecular formula is CH10ClNS. The normalized spacial score (nSPS) is 0. The summed E-state index contributed by atoms with van der Waals surface area (Å²) in [5.41, 5.74) is 0. The minimum absolute atomic E-state index is 0. The van der Waals surface area contributed by atoms with E-state index < -0.39 is 0 Å². The van der Waals surface area contributed by atoms with Gasteiger partial charge in [0.25, 0.3) is 0 Å². The van der Waals surface area contributed by atoms with Crippen molar-refractivity contribution in [1.82, 2.24) is 6.15 Å². The number of hydrogen-bond donors (Lipinski definition) is 1. The fourth-order valence-electron chi connectivity index (χ4n) is 0. The summed E-state index contributed by atoms with van der Waals surface area (Å²) in [5, 5.41) is 0. The Hall–Kier alpha value is 0.600. The maximum atomic E-state index is 0. The minimum Gasteiger partial charge on any atom is -0.344 e. The average Bonchev–Trinajstić information content (AvgIpc) is 0. The molecule has 0 aromatic carbocycles. The molecule has 0 fully saturated rings. The van der Waals surface area contributed by atoms with Crippen molar-refractivity contribution in [1.29, 1.82) is 0 Å². The molecule has 0 amide bonds. The topological polar surface area (TPSA) is 35.0 Å². The Morgan fingerprint density at radius 3 is 1.00 bits per heavy atom. The molecule has 0 unspecified atom stereocenters. The van der Waals surface area contributed by atoms with Crippen LogP contribution in [0.4, 0.5) is 0 Å². The van der Waals surface area contributed by atoms with Crippen molar-refractivity contribution in [3.05, 3.63) is 0 Å². The molecule has 0 spiro atoms. The number of hydrogen-bond acceptors (Lipinski definition) is 1. The molecule has 0 heterocycles. The first-order valence-electron chi connectivity index (χ1n) is 0. The molecule has 0 rings (SSSR count). The molecule has 1 nitrogen and oxygen atoms in total. The molecule has 0 radical (unpaired) electrons. The Labute approximate surface area is 40.2 Å². The van der Waals surface area contributed by atoms with Crippen LogP contribution in [0.3, 0.4) is 0 Å². The van der Waals surface area contributed by atoms with E-state index in [9.17, 15) is 0 Å². The highest BCUT2D eigenvalue weighted by Crippen LogP contribution is 0.690. The monoisotopic (exact) mass is 103 g/mol. The molecule has 0 bridgehead atoms. The molecule has 0 aromatic rings. The van der Waals surface area contributed by atoms with Gasteiger partial charge in [0.1, 0.15) is 0 Å². The summed E-state index contributed by atoms with van der Waals surface area (Å²) in [5.74, 6) is 0. The Morgan fingerprint density at radius 2 is 1.00 bits per heavy atom. The molecule has 0 atom stereocenters. The zero-order valence-electron chi connectivity index (χ0n) is 1.62. The third kappa shape index (κ3) is 18.5. The lowest BCUT2D eigenvalue weighted by molar-refractivity contribution is 2.13. The molecule has 0 saturated heterocycles. The van der Waals surface area contributed by atoms with Crippen molar-refractivity contribution in [2.75, 3.05) is 0 Å². The summed E-state index contributed by atoms with van der Waals surface area (Å²) in [6.07, 6.45) is 0. The van der Waals surface area contributed by atoms with Gasteiger partial charge in [0, 0.05) is 0 Å². The largest absolute Gasteiger partial charge is 0.344 e. The van der Waals surface area contributed by atoms with Gasteiger partial charge in [0.15, 0.2) is 0 Å². The van der Waals surface area contributed by atoms with E-state index in [4.69, 9.17) is 0 Å². The van der Waals surface area contributed by atoms with E-state index in [0.29, 0.717) is 0 Å². The van der Waals surface area contributed by atoms with Gasteiger partial charge in [-0.2, -0.15) is 13.5 Å². The molecule has 0 saturated carbocycles. The Balaban J connectivity index is 0. The van der Waals surface area contributed by atoms with Gasteiger partial charge < -0.3 is 6.15 Å². The van der Waals surface area contributed by atoms with Gasteiger partial charge in [-0.05, 0) is 0 Å². The first-order valence-corrected chi connectivity index (χ1v) is 0. The summed E-state index contributed by atoms with van der Waals surface area (Å²) in [6.45, 7) is 0. The molecule has 32 valence electrons. The van der Waals surface area contributed by atoms with E-state index in [1.54, 1.807) is 0 Å². The van der Waals surface area contributed by atoms with Gasteiger partial charge >= 0.3 is 0 Å². The first kappa shape index (κ1) is 166. The fourth-order valence-corrected chi connectivity index (χ4v) is 0. The fraction of sp³-hybridized carbons (Fsp3) is 1.00. The van der Waals surface area contributed by atoms with Crippen LogP contribution >= 0.6 is 25.9 Å². The van der Waals surface area contributed by atoms with E-state index in [-0.39, 0.29) is 39.5 Å². The van der Waals surface area contributed by atoms with E-state index >= 15 is 0 Å². The standard InChI is InChI=1S/CH4.ClH.H3N.H2S/h1H4;1H;1H3;1H2. The summed E-state index contributed by atoms with van der Waals surface area (Å²) in [4.78, 5) is 0. The Bertz CT molecular complexity index is 8.00. The maximum absolute atomic E-state index is 0. The van der Waals surface area contributed by atoms with Crippen LogP contribution in [0.15, 0.2) is 0 Å². The van der Waals surface area contributed by atoms with Crippen LogP contribution in [0, 0.1) is 0 Å². The average molecular weight is 104 g/mol. The molecule has 4 heavy (non-hydrogen) atoms. The van der Waals surface area contributed by atoms with Crippen LogP contribution in [-0.2, 0) is 0 Å². The second-order valence-corrected chi connectivity index (χ2v) is 0. The van der Waals surface area contributed by atoms with Crippen molar-refractivity contribution in [2.45, 2.75) is 7.43 Å². The van der Waals surface area contributed by atoms with Gasteiger partial charge in [0.05, 0.1) is 0 Å². The predicted molar refractivity (Wildman–Crippen MR) is 29.4 cm³/mol. The summed E-state index contributed by atoms with van der Waals surface area (Å²) >= 11 is 0. The predicted octanol–water partition coefficient (Wildman–Crippen LogP) is 1.33. The zero-order chi connectivity index (χ0) is 0. The lowest BCUT2D eigenvalue weighted by atomic mass is 12.0. The number of halogens is 1. The molecular weight excluding hydrogens is 93.5 g/mol. The van der Waals surface area contributed by atoms with Crippen LogP contribution in [0.2, 0.25) is 0 Å². The summed E-state index contributed by atoms with van der Waals surface area (Å²) in [6, 6.07) is 0. The number of rotatable bonds is 0. The SMILES string of the molecule is C.Cl.N.S. The van der Waals surface area contributed by atoms with Crippen LogP contribution in [0.25, 0.3) is 0 Å². The van der Waals surface area contributed by atoms with Crippen molar-refractivity contribution in [2.24, 2.45) is 0 Å². The molecule has 3 heteroatoms. The summed E-state index contributed by atoms with van der Waals surface area (Å²) < 4.78 is 0. The molecule has 0 aliphatic rings. The lowest BCUT2D eigenvalue weighted by Gasteiger charge is -0.344. The van der Waals surface area contributed by atoms with Gasteiger partial charge in [-0.3, -0.25) is 0 Å². The minimum atomic E-state index is 0. The third-order valence-corrected chi connectivity index (χ3v) is 0. The van der Waals surface area contributed by atoms with Gasteiger partial charge in [-0.1, -0.05) is 7.43 Å². The van der Waals surface area contributed by atoms with E-state index in [0.717, 1.165) is 0 Å². The maximum Gasteiger partial charge on any atom is -0.0776 e. The van der Waals surface area contributed by atoms with Crippen LogP contribution in [-0.4, -0.2) is 0 Å². The highest BCUT2D eigenvalue weighted by Gasteiger charge is -0.0775.